The second kappa shape index (κ2) is 11.1. The Morgan fingerprint density at radius 2 is 1.16 bits per heavy atom. The van der Waals surface area contributed by atoms with E-state index in [-0.39, 0.29) is 10.0 Å². The number of para-hydroxylation sites is 2. The van der Waals surface area contributed by atoms with E-state index in [1.165, 1.54) is 23.5 Å². The highest BCUT2D eigenvalue weighted by molar-refractivity contribution is 8.04. The number of anilines is 2. The van der Waals surface area contributed by atoms with Crippen LogP contribution in [-0.4, -0.2) is 5.97 Å². The summed E-state index contributed by atoms with van der Waals surface area (Å²) in [5.74, 6) is 0.166. The van der Waals surface area contributed by atoms with E-state index in [1.54, 1.807) is 36.4 Å². The highest BCUT2D eigenvalue weighted by Crippen LogP contribution is 2.59. The van der Waals surface area contributed by atoms with Gasteiger partial charge in [0.05, 0.1) is 38.1 Å². The van der Waals surface area contributed by atoms with Gasteiger partial charge in [0, 0.05) is 47.7 Å². The van der Waals surface area contributed by atoms with Crippen molar-refractivity contribution in [1.82, 2.24) is 0 Å². The minimum atomic E-state index is -1.46. The Hall–Kier alpha value is -5.29. The number of hydrogen-bond donors (Lipinski definition) is 2. The van der Waals surface area contributed by atoms with Crippen molar-refractivity contribution in [2.75, 3.05) is 10.6 Å². The van der Waals surface area contributed by atoms with Crippen LogP contribution in [0.3, 0.4) is 0 Å². The number of esters is 1. The van der Waals surface area contributed by atoms with Gasteiger partial charge in [0.15, 0.2) is 5.60 Å². The number of thioether (sulfide) groups is 2. The zero-order valence-electron chi connectivity index (χ0n) is 24.9. The molecule has 4 heterocycles. The van der Waals surface area contributed by atoms with Crippen LogP contribution in [0.2, 0.25) is 10.0 Å². The van der Waals surface area contributed by atoms with Crippen LogP contribution in [-0.2, 0) is 10.3 Å². The van der Waals surface area contributed by atoms with Crippen LogP contribution in [0, 0.1) is 22.7 Å². The number of hydrogen-bond acceptors (Lipinski definition) is 9. The summed E-state index contributed by atoms with van der Waals surface area (Å²) in [5.41, 5.74) is 3.84. The number of halogens is 2. The quantitative estimate of drug-likeness (QED) is 0.137. The molecule has 0 aliphatic carbocycles. The number of carbonyl (C=O) groups is 1. The summed E-state index contributed by atoms with van der Waals surface area (Å²) < 4.78 is 13.0. The van der Waals surface area contributed by atoms with Crippen LogP contribution in [0.1, 0.15) is 38.2 Å². The third-order valence-corrected chi connectivity index (χ3v) is 11.6. The molecule has 234 valence electrons. The molecule has 0 saturated heterocycles. The van der Waals surface area contributed by atoms with Crippen LogP contribution in [0.15, 0.2) is 117 Å². The molecule has 0 saturated carbocycles. The maximum atomic E-state index is 13.5. The number of nitrogens with zero attached hydrogens (tertiary/aromatic N) is 2. The van der Waals surface area contributed by atoms with E-state index in [0.717, 1.165) is 21.2 Å². The van der Waals surface area contributed by atoms with E-state index in [0.29, 0.717) is 66.1 Å². The molecule has 2 N–H and O–H groups in total. The average molecular weight is 714 g/mol. The van der Waals surface area contributed by atoms with E-state index in [2.05, 4.69) is 22.8 Å². The topological polar surface area (TPSA) is 107 Å². The Morgan fingerprint density at radius 3 is 1.67 bits per heavy atom. The molecule has 0 fully saturated rings. The van der Waals surface area contributed by atoms with Crippen LogP contribution in [0.4, 0.5) is 11.4 Å². The van der Waals surface area contributed by atoms with Crippen molar-refractivity contribution in [2.45, 2.75) is 15.4 Å². The second-order valence-electron chi connectivity index (χ2n) is 11.5. The molecule has 5 aromatic rings. The van der Waals surface area contributed by atoms with Gasteiger partial charge in [-0.2, -0.15) is 10.5 Å². The molecule has 0 aromatic heterocycles. The zero-order valence-corrected chi connectivity index (χ0v) is 28.1. The van der Waals surface area contributed by atoms with E-state index in [1.807, 2.05) is 60.7 Å². The van der Waals surface area contributed by atoms with Gasteiger partial charge in [-0.25, -0.2) is 4.79 Å². The number of fused-ring (bicyclic) bond motifs is 8. The average Bonchev–Trinajstić information content (AvgIpc) is 3.82. The third-order valence-electron chi connectivity index (χ3n) is 8.80. The largest absolute Gasteiger partial charge is 0.456 e. The molecule has 5 aromatic carbocycles. The van der Waals surface area contributed by atoms with Gasteiger partial charge in [0.25, 0.3) is 0 Å². The van der Waals surface area contributed by atoms with Gasteiger partial charge in [0.2, 0.25) is 0 Å². The molecular formula is C38H18Cl2N4O3S2. The Bertz CT molecular complexity index is 2310. The number of nitriles is 2. The normalized spacial score (nSPS) is 19.5. The standard InChI is InChI=1S/C38H18Cl2N4O3S2/c39-27-15-25-31(13-20(27)22(17-41)35-43-29-9-3-5-11-33(29)48-35)46-32-14-21(23(18-42)36-44-30-10-4-6-12-34(30)49-36)28(40)16-26(32)38(25)24-8-2-1-7-19(24)37(45)47-38/h1-16,43-44H/b35-22-,36-23-. The Morgan fingerprint density at radius 1 is 0.673 bits per heavy atom. The first kappa shape index (κ1) is 29.8. The Labute approximate surface area is 298 Å². The molecule has 0 unspecified atom stereocenters. The second-order valence-corrected chi connectivity index (χ2v) is 14.4. The third kappa shape index (κ3) is 4.41. The molecule has 1 spiro atoms. The molecule has 4 aliphatic rings. The van der Waals surface area contributed by atoms with Crippen molar-refractivity contribution >= 4 is 75.2 Å². The van der Waals surface area contributed by atoms with Crippen molar-refractivity contribution in [3.05, 3.63) is 151 Å². The Kier molecular flexibility index (Phi) is 6.77. The lowest BCUT2D eigenvalue weighted by Crippen LogP contribution is -2.33. The number of allylic oxidation sites excluding steroid dienone is 2. The molecular weight excluding hydrogens is 695 g/mol. The first-order chi connectivity index (χ1) is 23.9. The summed E-state index contributed by atoms with van der Waals surface area (Å²) in [6, 6.07) is 34.2. The maximum Gasteiger partial charge on any atom is 0.340 e. The van der Waals surface area contributed by atoms with Crippen LogP contribution >= 0.6 is 46.7 Å². The minimum absolute atomic E-state index is 0.274. The zero-order chi connectivity index (χ0) is 33.4. The fourth-order valence-corrected chi connectivity index (χ4v) is 9.16. The summed E-state index contributed by atoms with van der Waals surface area (Å²) in [6.45, 7) is 0. The van der Waals surface area contributed by atoms with Crippen molar-refractivity contribution in [1.29, 1.82) is 10.5 Å². The molecule has 9 rings (SSSR count). The van der Waals surface area contributed by atoms with Gasteiger partial charge in [-0.15, -0.1) is 0 Å². The molecule has 11 heteroatoms. The lowest BCUT2D eigenvalue weighted by molar-refractivity contribution is 0.0224. The summed E-state index contributed by atoms with van der Waals surface area (Å²) >= 11 is 16.9. The van der Waals surface area contributed by atoms with Gasteiger partial charge in [-0.3, -0.25) is 0 Å². The van der Waals surface area contributed by atoms with Gasteiger partial charge in [0.1, 0.15) is 23.6 Å². The summed E-state index contributed by atoms with van der Waals surface area (Å²) in [6.07, 6.45) is 0. The van der Waals surface area contributed by atoms with Gasteiger partial charge in [-0.1, -0.05) is 89.2 Å². The van der Waals surface area contributed by atoms with E-state index < -0.39 is 11.6 Å². The SMILES string of the molecule is N#C/C(=C1\Nc2ccccc2S1)c1cc2c(cc1Cl)C1(OC(=O)c3ccccc31)c1cc(Cl)c(/C(C#N)=C3/Nc4ccccc4S3)cc1O2. The highest BCUT2D eigenvalue weighted by atomic mass is 35.5. The highest BCUT2D eigenvalue weighted by Gasteiger charge is 2.54. The number of benzene rings is 5. The predicted molar refractivity (Wildman–Crippen MR) is 192 cm³/mol. The smallest absolute Gasteiger partial charge is 0.340 e. The molecule has 49 heavy (non-hydrogen) atoms. The fourth-order valence-electron chi connectivity index (χ4n) is 6.62. The Balaban J connectivity index is 1.25. The lowest BCUT2D eigenvalue weighted by atomic mass is 9.77. The molecule has 0 atom stereocenters. The lowest BCUT2D eigenvalue weighted by Gasteiger charge is -2.37. The number of ether oxygens (including phenoxy) is 2. The van der Waals surface area contributed by atoms with E-state index in [9.17, 15) is 15.3 Å². The maximum absolute atomic E-state index is 13.5. The van der Waals surface area contributed by atoms with Crippen LogP contribution in [0.5, 0.6) is 11.5 Å². The van der Waals surface area contributed by atoms with Gasteiger partial charge in [-0.05, 0) is 54.6 Å². The molecule has 7 nitrogen and oxygen atoms in total. The number of nitrogens with one attached hydrogen (secondary N) is 2. The first-order valence-corrected chi connectivity index (χ1v) is 17.3. The van der Waals surface area contributed by atoms with E-state index >= 15 is 0 Å². The number of rotatable bonds is 2. The van der Waals surface area contributed by atoms with Gasteiger partial charge < -0.3 is 20.1 Å². The van der Waals surface area contributed by atoms with Crippen molar-refractivity contribution in [2.24, 2.45) is 0 Å². The van der Waals surface area contributed by atoms with Crippen molar-refractivity contribution in [3.63, 3.8) is 0 Å². The van der Waals surface area contributed by atoms with Crippen LogP contribution < -0.4 is 15.4 Å². The summed E-state index contributed by atoms with van der Waals surface area (Å²) in [7, 11) is 0. The molecule has 0 bridgehead atoms. The predicted octanol–water partition coefficient (Wildman–Crippen LogP) is 10.4. The van der Waals surface area contributed by atoms with Gasteiger partial charge >= 0.3 is 5.97 Å². The fraction of sp³-hybridized carbons (Fsp3) is 0.0263. The monoisotopic (exact) mass is 712 g/mol. The molecule has 0 amide bonds. The van der Waals surface area contributed by atoms with Crippen molar-refractivity contribution in [3.8, 4) is 23.6 Å². The molecule has 4 aliphatic heterocycles. The molecule has 0 radical (unpaired) electrons. The van der Waals surface area contributed by atoms with E-state index in [4.69, 9.17) is 32.7 Å². The summed E-state index contributed by atoms with van der Waals surface area (Å²) in [4.78, 5) is 15.5. The summed E-state index contributed by atoms with van der Waals surface area (Å²) in [5, 5.41) is 29.3. The minimum Gasteiger partial charge on any atom is -0.456 e. The van der Waals surface area contributed by atoms with Crippen molar-refractivity contribution < 1.29 is 14.3 Å². The number of carbonyl (C=O) groups excluding carboxylic acids is 1. The van der Waals surface area contributed by atoms with Crippen LogP contribution in [0.25, 0.3) is 11.1 Å². The first-order valence-electron chi connectivity index (χ1n) is 15.0.